The lowest BCUT2D eigenvalue weighted by Gasteiger charge is -2.41. The van der Waals surface area contributed by atoms with Gasteiger partial charge in [-0.2, -0.15) is 0 Å². The molecule has 2 aliphatic rings. The molecule has 1 N–H and O–H groups in total. The summed E-state index contributed by atoms with van der Waals surface area (Å²) in [4.78, 5) is 20.3. The average Bonchev–Trinajstić information content (AvgIpc) is 3.04. The maximum atomic E-state index is 12.1. The Kier molecular flexibility index (Phi) is 3.41. The summed E-state index contributed by atoms with van der Waals surface area (Å²) in [5.74, 6) is 0.331. The summed E-state index contributed by atoms with van der Waals surface area (Å²) >= 11 is 0. The molecule has 2 atom stereocenters. The van der Waals surface area contributed by atoms with E-state index in [0.29, 0.717) is 24.4 Å². The fourth-order valence-electron chi connectivity index (χ4n) is 4.17. The van der Waals surface area contributed by atoms with Crippen molar-refractivity contribution in [2.75, 3.05) is 13.1 Å². The quantitative estimate of drug-likeness (QED) is 0.946. The average molecular weight is 297 g/mol. The number of carbonyl (C=O) groups excluding carboxylic acids is 1. The molecule has 0 spiro atoms. The summed E-state index contributed by atoms with van der Waals surface area (Å²) in [5.41, 5.74) is 2.48. The maximum Gasteiger partial charge on any atom is 0.222 e. The molecule has 1 aromatic heterocycles. The highest BCUT2D eigenvalue weighted by Gasteiger charge is 2.41. The second-order valence-electron chi connectivity index (χ2n) is 6.62. The number of H-pyrrole nitrogens is 1. The Morgan fingerprint density at radius 2 is 1.95 bits per heavy atom. The van der Waals surface area contributed by atoms with Crippen LogP contribution in [0.5, 0.6) is 0 Å². The van der Waals surface area contributed by atoms with Crippen molar-refractivity contribution in [3.8, 4) is 0 Å². The van der Waals surface area contributed by atoms with Gasteiger partial charge in [-0.05, 0) is 30.4 Å². The predicted octanol–water partition coefficient (Wildman–Crippen LogP) is 2.75. The van der Waals surface area contributed by atoms with Gasteiger partial charge in [0.25, 0.3) is 0 Å². The van der Waals surface area contributed by atoms with Gasteiger partial charge in [0.05, 0.1) is 0 Å². The minimum atomic E-state index is 0.331. The number of likely N-dealkylation sites (tertiary alicyclic amines) is 1. The molecule has 2 aromatic rings. The summed E-state index contributed by atoms with van der Waals surface area (Å²) in [7, 11) is 0. The van der Waals surface area contributed by atoms with Crippen LogP contribution in [0.4, 0.5) is 0 Å². The van der Waals surface area contributed by atoms with E-state index < -0.39 is 0 Å². The first-order chi connectivity index (χ1) is 10.7. The highest BCUT2D eigenvalue weighted by atomic mass is 16.2. The van der Waals surface area contributed by atoms with Gasteiger partial charge in [0.15, 0.2) is 0 Å². The zero-order valence-electron chi connectivity index (χ0n) is 13.1. The fraction of sp³-hybridized carbons (Fsp3) is 0.500. The number of piperazine rings is 1. The highest BCUT2D eigenvalue weighted by molar-refractivity contribution is 5.80. The van der Waals surface area contributed by atoms with Crippen molar-refractivity contribution in [3.05, 3.63) is 36.0 Å². The largest absolute Gasteiger partial charge is 0.357 e. The fourth-order valence-corrected chi connectivity index (χ4v) is 4.17. The third kappa shape index (κ3) is 2.31. The molecule has 1 amide bonds. The molecule has 4 rings (SSSR count). The molecule has 0 aliphatic carbocycles. The molecular weight excluding hydrogens is 274 g/mol. The number of nitrogens with one attached hydrogen (secondary N) is 1. The van der Waals surface area contributed by atoms with Crippen LogP contribution in [0.25, 0.3) is 10.9 Å². The molecular formula is C18H23N3O. The van der Waals surface area contributed by atoms with Gasteiger partial charge < -0.3 is 9.88 Å². The Morgan fingerprint density at radius 3 is 2.64 bits per heavy atom. The first-order valence-electron chi connectivity index (χ1n) is 8.34. The Balaban J connectivity index is 1.48. The molecule has 2 bridgehead atoms. The third-order valence-corrected chi connectivity index (χ3v) is 5.13. The predicted molar refractivity (Wildman–Crippen MR) is 87.5 cm³/mol. The maximum absolute atomic E-state index is 12.1. The van der Waals surface area contributed by atoms with Crippen LogP contribution in [0, 0.1) is 0 Å². The summed E-state index contributed by atoms with van der Waals surface area (Å²) < 4.78 is 0. The number of rotatable bonds is 3. The van der Waals surface area contributed by atoms with E-state index in [1.54, 1.807) is 0 Å². The second kappa shape index (κ2) is 5.43. The number of carbonyl (C=O) groups is 1. The van der Waals surface area contributed by atoms with E-state index in [9.17, 15) is 4.79 Å². The van der Waals surface area contributed by atoms with Gasteiger partial charge in [-0.15, -0.1) is 0 Å². The van der Waals surface area contributed by atoms with Gasteiger partial charge in [-0.25, -0.2) is 0 Å². The molecule has 2 fully saturated rings. The minimum Gasteiger partial charge on any atom is -0.357 e. The SMILES string of the molecule is CCC(=O)N1[C@@H]2CC[C@H]1CN(Cc1cc3ccccc3[nH]1)C2. The molecule has 2 saturated heterocycles. The number of hydrogen-bond acceptors (Lipinski definition) is 2. The van der Waals surface area contributed by atoms with Crippen LogP contribution < -0.4 is 0 Å². The Morgan fingerprint density at radius 1 is 1.23 bits per heavy atom. The van der Waals surface area contributed by atoms with E-state index in [-0.39, 0.29) is 0 Å². The van der Waals surface area contributed by atoms with Crippen LogP contribution in [-0.4, -0.2) is 45.9 Å². The molecule has 3 heterocycles. The Labute approximate surface area is 131 Å². The number of para-hydroxylation sites is 1. The van der Waals surface area contributed by atoms with Gasteiger partial charge in [0, 0.05) is 49.3 Å². The van der Waals surface area contributed by atoms with Gasteiger partial charge >= 0.3 is 0 Å². The first-order valence-corrected chi connectivity index (χ1v) is 8.34. The van der Waals surface area contributed by atoms with Crippen molar-refractivity contribution < 1.29 is 4.79 Å². The van der Waals surface area contributed by atoms with Crippen LogP contribution in [0.15, 0.2) is 30.3 Å². The molecule has 0 unspecified atom stereocenters. The van der Waals surface area contributed by atoms with Gasteiger partial charge in [0.1, 0.15) is 0 Å². The van der Waals surface area contributed by atoms with E-state index in [2.05, 4.69) is 45.1 Å². The monoisotopic (exact) mass is 297 g/mol. The molecule has 2 aliphatic heterocycles. The molecule has 0 radical (unpaired) electrons. The van der Waals surface area contributed by atoms with Gasteiger partial charge in [0.2, 0.25) is 5.91 Å². The lowest BCUT2D eigenvalue weighted by atomic mass is 10.1. The Hall–Kier alpha value is -1.81. The zero-order valence-corrected chi connectivity index (χ0v) is 13.1. The van der Waals surface area contributed by atoms with Crippen LogP contribution in [0.2, 0.25) is 0 Å². The number of aromatic amines is 1. The lowest BCUT2D eigenvalue weighted by molar-refractivity contribution is -0.136. The number of nitrogens with zero attached hydrogens (tertiary/aromatic N) is 2. The van der Waals surface area contributed by atoms with Crippen molar-refractivity contribution in [2.24, 2.45) is 0 Å². The van der Waals surface area contributed by atoms with Crippen LogP contribution in [0.3, 0.4) is 0 Å². The van der Waals surface area contributed by atoms with E-state index in [4.69, 9.17) is 0 Å². The smallest absolute Gasteiger partial charge is 0.222 e. The molecule has 22 heavy (non-hydrogen) atoms. The van der Waals surface area contributed by atoms with Crippen molar-refractivity contribution in [3.63, 3.8) is 0 Å². The van der Waals surface area contributed by atoms with Crippen molar-refractivity contribution in [1.29, 1.82) is 0 Å². The van der Waals surface area contributed by atoms with Crippen molar-refractivity contribution in [1.82, 2.24) is 14.8 Å². The standard InChI is InChI=1S/C18H23N3O/c1-2-18(22)21-15-7-8-16(21)12-20(11-15)10-14-9-13-5-3-4-6-17(13)19-14/h3-6,9,15-16,19H,2,7-8,10-12H2,1H3/t15-,16+. The summed E-state index contributed by atoms with van der Waals surface area (Å²) in [6, 6.07) is 11.5. The van der Waals surface area contributed by atoms with E-state index in [1.807, 2.05) is 6.92 Å². The van der Waals surface area contributed by atoms with Gasteiger partial charge in [-0.3, -0.25) is 9.69 Å². The molecule has 1 aromatic carbocycles. The number of hydrogen-bond donors (Lipinski definition) is 1. The molecule has 4 nitrogen and oxygen atoms in total. The zero-order chi connectivity index (χ0) is 15.1. The van der Waals surface area contributed by atoms with Crippen molar-refractivity contribution >= 4 is 16.8 Å². The van der Waals surface area contributed by atoms with Crippen LogP contribution >= 0.6 is 0 Å². The topological polar surface area (TPSA) is 39.3 Å². The van der Waals surface area contributed by atoms with Crippen LogP contribution in [0.1, 0.15) is 31.9 Å². The lowest BCUT2D eigenvalue weighted by Crippen LogP contribution is -2.55. The van der Waals surface area contributed by atoms with E-state index in [0.717, 1.165) is 19.6 Å². The minimum absolute atomic E-state index is 0.331. The number of benzene rings is 1. The Bertz CT molecular complexity index is 645. The number of amides is 1. The van der Waals surface area contributed by atoms with E-state index in [1.165, 1.54) is 29.4 Å². The van der Waals surface area contributed by atoms with Crippen molar-refractivity contribution in [2.45, 2.75) is 44.8 Å². The number of aromatic nitrogens is 1. The molecule has 116 valence electrons. The normalized spacial score (nSPS) is 25.0. The summed E-state index contributed by atoms with van der Waals surface area (Å²) in [5, 5.41) is 1.28. The van der Waals surface area contributed by atoms with Gasteiger partial charge in [-0.1, -0.05) is 25.1 Å². The molecule has 4 heteroatoms. The second-order valence-corrected chi connectivity index (χ2v) is 6.62. The first kappa shape index (κ1) is 13.8. The van der Waals surface area contributed by atoms with Crippen LogP contribution in [-0.2, 0) is 11.3 Å². The highest BCUT2D eigenvalue weighted by Crippen LogP contribution is 2.31. The molecule has 0 saturated carbocycles. The summed E-state index contributed by atoms with van der Waals surface area (Å²) in [6.07, 6.45) is 2.97. The number of fused-ring (bicyclic) bond motifs is 3. The summed E-state index contributed by atoms with van der Waals surface area (Å²) in [6.45, 7) is 4.95. The third-order valence-electron chi connectivity index (χ3n) is 5.13. The van der Waals surface area contributed by atoms with E-state index >= 15 is 0 Å².